The van der Waals surface area contributed by atoms with E-state index in [1.165, 1.54) is 5.56 Å². The molecule has 94 valence electrons. The fraction of sp³-hybridized carbons (Fsp3) is 0.333. The molecule has 0 amide bonds. The Morgan fingerprint density at radius 3 is 2.50 bits per heavy atom. The van der Waals surface area contributed by atoms with Crippen molar-refractivity contribution in [3.8, 4) is 11.3 Å². The van der Waals surface area contributed by atoms with Crippen LogP contribution in [0.15, 0.2) is 36.5 Å². The largest absolute Gasteiger partial charge is 0.354 e. The lowest BCUT2D eigenvalue weighted by Gasteiger charge is -2.06. The van der Waals surface area contributed by atoms with Crippen LogP contribution in [0.5, 0.6) is 0 Å². The van der Waals surface area contributed by atoms with Gasteiger partial charge in [-0.05, 0) is 24.5 Å². The molecule has 0 aliphatic carbocycles. The first-order valence-corrected chi connectivity index (χ1v) is 6.49. The van der Waals surface area contributed by atoms with Crippen LogP contribution < -0.4 is 5.32 Å². The van der Waals surface area contributed by atoms with Crippen LogP contribution >= 0.6 is 0 Å². The molecule has 2 rings (SSSR count). The molecule has 2 aromatic rings. The SMILES string of the molecule is CCCNc1nccc(-c2ccc(CC)cc2)n1. The predicted octanol–water partition coefficient (Wildman–Crippen LogP) is 3.53. The molecule has 0 saturated heterocycles. The van der Waals surface area contributed by atoms with E-state index >= 15 is 0 Å². The monoisotopic (exact) mass is 241 g/mol. The summed E-state index contributed by atoms with van der Waals surface area (Å²) >= 11 is 0. The van der Waals surface area contributed by atoms with Crippen LogP contribution in [-0.4, -0.2) is 16.5 Å². The number of anilines is 1. The van der Waals surface area contributed by atoms with E-state index in [1.807, 2.05) is 6.07 Å². The van der Waals surface area contributed by atoms with Gasteiger partial charge in [-0.2, -0.15) is 0 Å². The summed E-state index contributed by atoms with van der Waals surface area (Å²) in [6, 6.07) is 10.5. The van der Waals surface area contributed by atoms with Crippen molar-refractivity contribution in [1.82, 2.24) is 9.97 Å². The molecule has 18 heavy (non-hydrogen) atoms. The van der Waals surface area contributed by atoms with Gasteiger partial charge in [0.25, 0.3) is 0 Å². The first-order chi connectivity index (χ1) is 8.83. The van der Waals surface area contributed by atoms with Crippen LogP contribution in [0.2, 0.25) is 0 Å². The highest BCUT2D eigenvalue weighted by atomic mass is 15.1. The van der Waals surface area contributed by atoms with Crippen molar-refractivity contribution in [2.45, 2.75) is 26.7 Å². The van der Waals surface area contributed by atoms with Gasteiger partial charge in [0.2, 0.25) is 5.95 Å². The number of nitrogens with one attached hydrogen (secondary N) is 1. The van der Waals surface area contributed by atoms with E-state index in [2.05, 4.69) is 53.4 Å². The summed E-state index contributed by atoms with van der Waals surface area (Å²) in [5.41, 5.74) is 3.44. The summed E-state index contributed by atoms with van der Waals surface area (Å²) in [5, 5.41) is 3.20. The third-order valence-electron chi connectivity index (χ3n) is 2.85. The lowest BCUT2D eigenvalue weighted by Crippen LogP contribution is -2.04. The van der Waals surface area contributed by atoms with Crippen molar-refractivity contribution in [2.24, 2.45) is 0 Å². The average molecular weight is 241 g/mol. The second-order valence-electron chi connectivity index (χ2n) is 4.24. The van der Waals surface area contributed by atoms with Gasteiger partial charge in [0.05, 0.1) is 5.69 Å². The van der Waals surface area contributed by atoms with Gasteiger partial charge in [0.15, 0.2) is 0 Å². The van der Waals surface area contributed by atoms with E-state index in [0.29, 0.717) is 5.95 Å². The number of nitrogens with zero attached hydrogens (tertiary/aromatic N) is 2. The molecule has 0 radical (unpaired) electrons. The maximum atomic E-state index is 4.51. The Kier molecular flexibility index (Phi) is 4.29. The summed E-state index contributed by atoms with van der Waals surface area (Å²) in [4.78, 5) is 8.73. The zero-order valence-electron chi connectivity index (χ0n) is 11.0. The minimum atomic E-state index is 0.703. The number of hydrogen-bond donors (Lipinski definition) is 1. The van der Waals surface area contributed by atoms with Crippen LogP contribution in [-0.2, 0) is 6.42 Å². The van der Waals surface area contributed by atoms with E-state index in [4.69, 9.17) is 0 Å². The zero-order valence-corrected chi connectivity index (χ0v) is 11.0. The number of aryl methyl sites for hydroxylation is 1. The van der Waals surface area contributed by atoms with Gasteiger partial charge in [-0.3, -0.25) is 0 Å². The molecule has 0 spiro atoms. The molecule has 0 unspecified atom stereocenters. The van der Waals surface area contributed by atoms with Crippen LogP contribution in [0.4, 0.5) is 5.95 Å². The van der Waals surface area contributed by atoms with E-state index in [1.54, 1.807) is 6.20 Å². The highest BCUT2D eigenvalue weighted by Crippen LogP contribution is 2.18. The minimum Gasteiger partial charge on any atom is -0.354 e. The van der Waals surface area contributed by atoms with Crippen LogP contribution in [0, 0.1) is 0 Å². The van der Waals surface area contributed by atoms with Gasteiger partial charge in [0.1, 0.15) is 0 Å². The molecule has 3 nitrogen and oxygen atoms in total. The first kappa shape index (κ1) is 12.6. The number of rotatable bonds is 5. The lowest BCUT2D eigenvalue weighted by molar-refractivity contribution is 0.953. The number of aromatic nitrogens is 2. The van der Waals surface area contributed by atoms with Gasteiger partial charge in [-0.1, -0.05) is 38.1 Å². The Balaban J connectivity index is 2.20. The van der Waals surface area contributed by atoms with Gasteiger partial charge < -0.3 is 5.32 Å². The standard InChI is InChI=1S/C15H19N3/c1-3-10-16-15-17-11-9-14(18-15)13-7-5-12(4-2)6-8-13/h5-9,11H,3-4,10H2,1-2H3,(H,16,17,18). The third-order valence-corrected chi connectivity index (χ3v) is 2.85. The van der Waals surface area contributed by atoms with Crippen LogP contribution in [0.25, 0.3) is 11.3 Å². The van der Waals surface area contributed by atoms with Crippen molar-refractivity contribution in [3.63, 3.8) is 0 Å². The first-order valence-electron chi connectivity index (χ1n) is 6.49. The summed E-state index contributed by atoms with van der Waals surface area (Å²) in [6.45, 7) is 5.19. The Hall–Kier alpha value is -1.90. The van der Waals surface area contributed by atoms with Gasteiger partial charge in [-0.15, -0.1) is 0 Å². The molecule has 1 aromatic carbocycles. The molecule has 0 saturated carbocycles. The Morgan fingerprint density at radius 2 is 1.83 bits per heavy atom. The maximum absolute atomic E-state index is 4.51. The van der Waals surface area contributed by atoms with E-state index in [9.17, 15) is 0 Å². The molecule has 0 aliphatic heterocycles. The quantitative estimate of drug-likeness (QED) is 0.870. The second kappa shape index (κ2) is 6.15. The summed E-state index contributed by atoms with van der Waals surface area (Å²) in [5.74, 6) is 0.703. The van der Waals surface area contributed by atoms with Crippen LogP contribution in [0.3, 0.4) is 0 Å². The zero-order chi connectivity index (χ0) is 12.8. The van der Waals surface area contributed by atoms with E-state index in [0.717, 1.165) is 30.6 Å². The molecule has 1 aromatic heterocycles. The molecule has 0 aliphatic rings. The fourth-order valence-electron chi connectivity index (χ4n) is 1.75. The van der Waals surface area contributed by atoms with Crippen molar-refractivity contribution < 1.29 is 0 Å². The molecular weight excluding hydrogens is 222 g/mol. The van der Waals surface area contributed by atoms with Gasteiger partial charge in [-0.25, -0.2) is 9.97 Å². The molecule has 0 fully saturated rings. The smallest absolute Gasteiger partial charge is 0.223 e. The van der Waals surface area contributed by atoms with E-state index in [-0.39, 0.29) is 0 Å². The lowest BCUT2D eigenvalue weighted by atomic mass is 10.1. The summed E-state index contributed by atoms with van der Waals surface area (Å²) in [6.07, 6.45) is 3.93. The minimum absolute atomic E-state index is 0.703. The maximum Gasteiger partial charge on any atom is 0.223 e. The normalized spacial score (nSPS) is 10.3. The molecule has 1 heterocycles. The summed E-state index contributed by atoms with van der Waals surface area (Å²) < 4.78 is 0. The molecule has 3 heteroatoms. The number of hydrogen-bond acceptors (Lipinski definition) is 3. The topological polar surface area (TPSA) is 37.8 Å². The fourth-order valence-corrected chi connectivity index (χ4v) is 1.75. The van der Waals surface area contributed by atoms with Crippen molar-refractivity contribution in [2.75, 3.05) is 11.9 Å². The average Bonchev–Trinajstić information content (AvgIpc) is 2.45. The second-order valence-corrected chi connectivity index (χ2v) is 4.24. The molecule has 1 N–H and O–H groups in total. The van der Waals surface area contributed by atoms with Crippen molar-refractivity contribution in [1.29, 1.82) is 0 Å². The van der Waals surface area contributed by atoms with Crippen LogP contribution in [0.1, 0.15) is 25.8 Å². The Bertz CT molecular complexity index is 491. The highest BCUT2D eigenvalue weighted by Gasteiger charge is 2.01. The molecular formula is C15H19N3. The Labute approximate surface area is 108 Å². The molecule has 0 bridgehead atoms. The molecule has 0 atom stereocenters. The predicted molar refractivity (Wildman–Crippen MR) is 75.6 cm³/mol. The van der Waals surface area contributed by atoms with Gasteiger partial charge in [0, 0.05) is 18.3 Å². The van der Waals surface area contributed by atoms with Crippen molar-refractivity contribution >= 4 is 5.95 Å². The van der Waals surface area contributed by atoms with E-state index < -0.39 is 0 Å². The highest BCUT2D eigenvalue weighted by molar-refractivity contribution is 5.60. The summed E-state index contributed by atoms with van der Waals surface area (Å²) in [7, 11) is 0. The van der Waals surface area contributed by atoms with Gasteiger partial charge >= 0.3 is 0 Å². The third kappa shape index (κ3) is 3.06. The Morgan fingerprint density at radius 1 is 1.06 bits per heavy atom. The van der Waals surface area contributed by atoms with Crippen molar-refractivity contribution in [3.05, 3.63) is 42.1 Å². The number of benzene rings is 1.